The Morgan fingerprint density at radius 3 is 2.57 bits per heavy atom. The second-order valence-corrected chi connectivity index (χ2v) is 5.62. The van der Waals surface area contributed by atoms with Gasteiger partial charge in [0.05, 0.1) is 22.9 Å². The van der Waals surface area contributed by atoms with Crippen molar-refractivity contribution in [2.45, 2.75) is 19.0 Å². The van der Waals surface area contributed by atoms with Gasteiger partial charge in [0, 0.05) is 0 Å². The minimum absolute atomic E-state index is 0.455. The Balaban J connectivity index is 2.31. The van der Waals surface area contributed by atoms with Crippen LogP contribution in [0.4, 0.5) is 0 Å². The highest BCUT2D eigenvalue weighted by Crippen LogP contribution is 2.33. The van der Waals surface area contributed by atoms with E-state index in [1.807, 2.05) is 20.1 Å². The van der Waals surface area contributed by atoms with Crippen LogP contribution in [0, 0.1) is 6.92 Å². The van der Waals surface area contributed by atoms with E-state index in [1.54, 1.807) is 23.0 Å². The molecule has 0 atom stereocenters. The number of hydrogen-bond donors (Lipinski definition) is 0. The SMILES string of the molecule is CCOc1c(Cl)cc(/C=N\n2c(C)nnc2SC)cc1Cl. The normalized spacial score (nSPS) is 11.3. The molecule has 0 spiro atoms. The molecule has 1 heterocycles. The standard InChI is InChI=1S/C13H14Cl2N4OS/c1-4-20-12-10(14)5-9(6-11(12)15)7-16-19-8(2)17-18-13(19)21-3/h5-7H,4H2,1-3H3/b16-7-. The molecule has 0 aliphatic heterocycles. The van der Waals surface area contributed by atoms with E-state index in [9.17, 15) is 0 Å². The number of ether oxygens (including phenoxy) is 1. The molecular formula is C13H14Cl2N4OS. The average molecular weight is 345 g/mol. The van der Waals surface area contributed by atoms with E-state index in [0.717, 1.165) is 5.56 Å². The fourth-order valence-corrected chi connectivity index (χ4v) is 2.75. The van der Waals surface area contributed by atoms with Gasteiger partial charge in [-0.15, -0.1) is 10.2 Å². The lowest BCUT2D eigenvalue weighted by atomic mass is 10.2. The van der Waals surface area contributed by atoms with Crippen LogP contribution in [-0.2, 0) is 0 Å². The third-order valence-electron chi connectivity index (χ3n) is 2.58. The topological polar surface area (TPSA) is 52.3 Å². The Morgan fingerprint density at radius 1 is 1.33 bits per heavy atom. The molecule has 2 rings (SSSR count). The Morgan fingerprint density at radius 2 is 2.00 bits per heavy atom. The van der Waals surface area contributed by atoms with Crippen molar-refractivity contribution in [1.82, 2.24) is 14.9 Å². The van der Waals surface area contributed by atoms with E-state index in [-0.39, 0.29) is 0 Å². The molecule has 0 saturated heterocycles. The van der Waals surface area contributed by atoms with Crippen molar-refractivity contribution in [1.29, 1.82) is 0 Å². The van der Waals surface area contributed by atoms with Crippen molar-refractivity contribution in [3.8, 4) is 5.75 Å². The van der Waals surface area contributed by atoms with Crippen LogP contribution in [0.2, 0.25) is 10.0 Å². The summed E-state index contributed by atoms with van der Waals surface area (Å²) in [5, 5.41) is 14.0. The van der Waals surface area contributed by atoms with Crippen molar-refractivity contribution < 1.29 is 4.74 Å². The first-order valence-corrected chi connectivity index (χ1v) is 8.17. The molecule has 8 heteroatoms. The maximum Gasteiger partial charge on any atom is 0.211 e. The Kier molecular flexibility index (Phi) is 5.50. The average Bonchev–Trinajstić information content (AvgIpc) is 2.81. The van der Waals surface area contributed by atoms with Crippen LogP contribution in [-0.4, -0.2) is 34.0 Å². The van der Waals surface area contributed by atoms with Crippen LogP contribution in [0.15, 0.2) is 22.4 Å². The van der Waals surface area contributed by atoms with Crippen molar-refractivity contribution in [2.75, 3.05) is 12.9 Å². The van der Waals surface area contributed by atoms with Crippen LogP contribution in [0.1, 0.15) is 18.3 Å². The van der Waals surface area contributed by atoms with E-state index in [4.69, 9.17) is 27.9 Å². The molecule has 21 heavy (non-hydrogen) atoms. The number of hydrogen-bond acceptors (Lipinski definition) is 5. The molecule has 2 aromatic rings. The number of aryl methyl sites for hydroxylation is 1. The number of aromatic nitrogens is 3. The number of rotatable bonds is 5. The lowest BCUT2D eigenvalue weighted by molar-refractivity contribution is 0.340. The molecule has 0 amide bonds. The second-order valence-electron chi connectivity index (χ2n) is 4.04. The maximum atomic E-state index is 6.16. The van der Waals surface area contributed by atoms with Gasteiger partial charge >= 0.3 is 0 Å². The van der Waals surface area contributed by atoms with Crippen molar-refractivity contribution in [3.05, 3.63) is 33.6 Å². The summed E-state index contributed by atoms with van der Waals surface area (Å²) in [7, 11) is 0. The number of halogens is 2. The molecule has 1 aromatic carbocycles. The van der Waals surface area contributed by atoms with Gasteiger partial charge in [-0.3, -0.25) is 0 Å². The zero-order chi connectivity index (χ0) is 15.4. The first-order chi connectivity index (χ1) is 10.1. The second kappa shape index (κ2) is 7.15. The van der Waals surface area contributed by atoms with Gasteiger partial charge < -0.3 is 4.74 Å². The van der Waals surface area contributed by atoms with Crippen molar-refractivity contribution >= 4 is 41.2 Å². The molecule has 0 radical (unpaired) electrons. The summed E-state index contributed by atoms with van der Waals surface area (Å²) in [5.74, 6) is 1.20. The molecule has 1 aromatic heterocycles. The number of benzene rings is 1. The van der Waals surface area contributed by atoms with Crippen LogP contribution in [0.5, 0.6) is 5.75 Å². The molecule has 0 aliphatic rings. The minimum Gasteiger partial charge on any atom is -0.491 e. The van der Waals surface area contributed by atoms with Crippen LogP contribution < -0.4 is 4.74 Å². The molecular weight excluding hydrogens is 331 g/mol. The molecule has 0 aliphatic carbocycles. The third kappa shape index (κ3) is 3.70. The highest BCUT2D eigenvalue weighted by atomic mass is 35.5. The molecule has 112 valence electrons. The number of thioether (sulfide) groups is 1. The van der Waals surface area contributed by atoms with Crippen molar-refractivity contribution in [3.63, 3.8) is 0 Å². The largest absolute Gasteiger partial charge is 0.491 e. The summed E-state index contributed by atoms with van der Waals surface area (Å²) in [6.45, 7) is 4.22. The predicted octanol–water partition coefficient (Wildman–Crippen LogP) is 3.90. The van der Waals surface area contributed by atoms with E-state index in [1.165, 1.54) is 11.8 Å². The van der Waals surface area contributed by atoms with Gasteiger partial charge in [0.25, 0.3) is 0 Å². The summed E-state index contributed by atoms with van der Waals surface area (Å²) >= 11 is 13.8. The minimum atomic E-state index is 0.455. The quantitative estimate of drug-likeness (QED) is 0.609. The maximum absolute atomic E-state index is 6.16. The van der Waals surface area contributed by atoms with Gasteiger partial charge in [0.15, 0.2) is 11.6 Å². The van der Waals surface area contributed by atoms with Crippen LogP contribution in [0.3, 0.4) is 0 Å². The highest BCUT2D eigenvalue weighted by Gasteiger charge is 2.09. The molecule has 0 N–H and O–H groups in total. The van der Waals surface area contributed by atoms with Gasteiger partial charge in [0.1, 0.15) is 0 Å². The van der Waals surface area contributed by atoms with E-state index in [2.05, 4.69) is 15.3 Å². The number of nitrogens with zero attached hydrogens (tertiary/aromatic N) is 4. The Bertz CT molecular complexity index is 649. The molecule has 0 unspecified atom stereocenters. The molecule has 5 nitrogen and oxygen atoms in total. The highest BCUT2D eigenvalue weighted by molar-refractivity contribution is 7.98. The molecule has 0 saturated carbocycles. The van der Waals surface area contributed by atoms with Gasteiger partial charge in [-0.25, -0.2) is 0 Å². The van der Waals surface area contributed by atoms with Gasteiger partial charge in [0.2, 0.25) is 5.16 Å². The summed E-state index contributed by atoms with van der Waals surface area (Å²) < 4.78 is 7.05. The zero-order valence-corrected chi connectivity index (χ0v) is 14.1. The predicted molar refractivity (Wildman–Crippen MR) is 87.2 cm³/mol. The summed E-state index contributed by atoms with van der Waals surface area (Å²) in [5.41, 5.74) is 0.772. The first-order valence-electron chi connectivity index (χ1n) is 6.19. The lowest BCUT2D eigenvalue weighted by Crippen LogP contribution is -1.97. The van der Waals surface area contributed by atoms with Crippen molar-refractivity contribution in [2.24, 2.45) is 5.10 Å². The van der Waals surface area contributed by atoms with Gasteiger partial charge in [-0.2, -0.15) is 9.78 Å². The summed E-state index contributed by atoms with van der Waals surface area (Å²) in [6, 6.07) is 3.50. The van der Waals surface area contributed by atoms with Crippen LogP contribution in [0.25, 0.3) is 0 Å². The van der Waals surface area contributed by atoms with E-state index >= 15 is 0 Å². The Labute approximate surface area is 137 Å². The monoisotopic (exact) mass is 344 g/mol. The summed E-state index contributed by atoms with van der Waals surface area (Å²) in [4.78, 5) is 0. The zero-order valence-electron chi connectivity index (χ0n) is 11.8. The van der Waals surface area contributed by atoms with Gasteiger partial charge in [-0.05, 0) is 37.8 Å². The van der Waals surface area contributed by atoms with Crippen LogP contribution >= 0.6 is 35.0 Å². The Hall–Kier alpha value is -1.24. The first kappa shape index (κ1) is 16.1. The summed E-state index contributed by atoms with van der Waals surface area (Å²) in [6.07, 6.45) is 3.57. The molecule has 0 fully saturated rings. The van der Waals surface area contributed by atoms with Gasteiger partial charge in [-0.1, -0.05) is 35.0 Å². The lowest BCUT2D eigenvalue weighted by Gasteiger charge is -2.08. The van der Waals surface area contributed by atoms with E-state index < -0.39 is 0 Å². The fraction of sp³-hybridized carbons (Fsp3) is 0.308. The third-order valence-corrected chi connectivity index (χ3v) is 3.76. The van der Waals surface area contributed by atoms with E-state index in [0.29, 0.717) is 33.4 Å². The fourth-order valence-electron chi connectivity index (χ4n) is 1.66. The molecule has 0 bridgehead atoms. The smallest absolute Gasteiger partial charge is 0.211 e.